The van der Waals surface area contributed by atoms with Crippen molar-refractivity contribution in [3.05, 3.63) is 33.0 Å². The standard InChI is InChI=1S/C14H20N6O3/c1-2-10(16-11-13(22)17-14(23)20-18-11)12(21)19-15-8-9-6-4-3-5-7-9/h3-4,8-10H,2,5-7H2,1H3,(H,16,18)(H,19,21)(H2,17,20,22,23)/t9-,10+/m0/s1. The van der Waals surface area contributed by atoms with Crippen molar-refractivity contribution < 1.29 is 4.79 Å². The van der Waals surface area contributed by atoms with Gasteiger partial charge in [0, 0.05) is 6.21 Å². The number of hydrogen-bond donors (Lipinski definition) is 4. The number of hydrazone groups is 1. The summed E-state index contributed by atoms with van der Waals surface area (Å²) in [4.78, 5) is 36.6. The summed E-state index contributed by atoms with van der Waals surface area (Å²) in [5, 5.41) is 12.4. The zero-order valence-corrected chi connectivity index (χ0v) is 12.8. The molecule has 1 aromatic rings. The molecule has 1 aliphatic carbocycles. The summed E-state index contributed by atoms with van der Waals surface area (Å²) in [6.07, 6.45) is 9.35. The van der Waals surface area contributed by atoms with Crippen molar-refractivity contribution in [1.29, 1.82) is 0 Å². The molecule has 0 aromatic carbocycles. The molecule has 1 amide bonds. The second-order valence-electron chi connectivity index (χ2n) is 5.26. The van der Waals surface area contributed by atoms with Crippen LogP contribution < -0.4 is 22.0 Å². The van der Waals surface area contributed by atoms with Crippen LogP contribution in [0.1, 0.15) is 32.6 Å². The second kappa shape index (κ2) is 8.06. The minimum absolute atomic E-state index is 0.118. The van der Waals surface area contributed by atoms with Gasteiger partial charge in [-0.1, -0.05) is 19.1 Å². The number of nitrogens with zero attached hydrogens (tertiary/aromatic N) is 2. The molecule has 1 aromatic heterocycles. The Bertz CT molecular complexity index is 705. The quantitative estimate of drug-likeness (QED) is 0.335. The summed E-state index contributed by atoms with van der Waals surface area (Å²) >= 11 is 0. The molecule has 0 spiro atoms. The third-order valence-corrected chi connectivity index (χ3v) is 3.52. The third-order valence-electron chi connectivity index (χ3n) is 3.52. The van der Waals surface area contributed by atoms with Crippen molar-refractivity contribution >= 4 is 17.9 Å². The van der Waals surface area contributed by atoms with Crippen LogP contribution in [0.25, 0.3) is 0 Å². The van der Waals surface area contributed by atoms with E-state index in [1.807, 2.05) is 4.98 Å². The van der Waals surface area contributed by atoms with Gasteiger partial charge in [0.2, 0.25) is 5.82 Å². The van der Waals surface area contributed by atoms with Crippen molar-refractivity contribution in [3.8, 4) is 0 Å². The Hall–Kier alpha value is -2.71. The summed E-state index contributed by atoms with van der Waals surface area (Å²) in [6.45, 7) is 1.78. The van der Waals surface area contributed by atoms with E-state index in [1.165, 1.54) is 0 Å². The number of hydrogen-bond acceptors (Lipinski definition) is 6. The number of carbonyl (C=O) groups is 1. The largest absolute Gasteiger partial charge is 0.352 e. The number of anilines is 1. The number of amides is 1. The maximum atomic E-state index is 12.1. The first-order chi connectivity index (χ1) is 11.1. The van der Waals surface area contributed by atoms with Gasteiger partial charge in [-0.15, -0.1) is 5.10 Å². The topological polar surface area (TPSA) is 132 Å². The Morgan fingerprint density at radius 1 is 1.52 bits per heavy atom. The number of carbonyl (C=O) groups excluding carboxylic acids is 1. The Labute approximate surface area is 132 Å². The van der Waals surface area contributed by atoms with Crippen LogP contribution in [0.3, 0.4) is 0 Å². The first kappa shape index (κ1) is 16.7. The Balaban J connectivity index is 1.92. The van der Waals surface area contributed by atoms with Gasteiger partial charge in [-0.3, -0.25) is 14.6 Å². The number of nitrogens with one attached hydrogen (secondary N) is 4. The fourth-order valence-electron chi connectivity index (χ4n) is 2.20. The Kier molecular flexibility index (Phi) is 5.84. The van der Waals surface area contributed by atoms with Crippen molar-refractivity contribution in [2.45, 2.75) is 38.6 Å². The number of rotatable bonds is 6. The van der Waals surface area contributed by atoms with Gasteiger partial charge < -0.3 is 5.32 Å². The van der Waals surface area contributed by atoms with Gasteiger partial charge in [-0.05, 0) is 31.6 Å². The van der Waals surface area contributed by atoms with E-state index >= 15 is 0 Å². The molecule has 0 saturated heterocycles. The highest BCUT2D eigenvalue weighted by Gasteiger charge is 2.18. The first-order valence-electron chi connectivity index (χ1n) is 7.53. The molecule has 124 valence electrons. The molecule has 0 bridgehead atoms. The van der Waals surface area contributed by atoms with Crippen LogP contribution in [0.4, 0.5) is 5.82 Å². The van der Waals surface area contributed by atoms with Crippen LogP contribution in [-0.2, 0) is 4.79 Å². The van der Waals surface area contributed by atoms with Gasteiger partial charge in [-0.2, -0.15) is 5.10 Å². The lowest BCUT2D eigenvalue weighted by Crippen LogP contribution is -2.39. The minimum Gasteiger partial charge on any atom is -0.352 e. The van der Waals surface area contributed by atoms with Crippen molar-refractivity contribution in [2.24, 2.45) is 11.0 Å². The summed E-state index contributed by atoms with van der Waals surface area (Å²) in [7, 11) is 0. The van der Waals surface area contributed by atoms with Crippen LogP contribution in [0, 0.1) is 5.92 Å². The first-order valence-corrected chi connectivity index (χ1v) is 7.53. The molecule has 2 rings (SSSR count). The molecule has 0 radical (unpaired) electrons. The van der Waals surface area contributed by atoms with Gasteiger partial charge in [-0.25, -0.2) is 15.3 Å². The van der Waals surface area contributed by atoms with Crippen LogP contribution in [0.2, 0.25) is 0 Å². The van der Waals surface area contributed by atoms with Gasteiger partial charge in [0.05, 0.1) is 0 Å². The highest BCUT2D eigenvalue weighted by Crippen LogP contribution is 2.15. The lowest BCUT2D eigenvalue weighted by molar-refractivity contribution is -0.121. The van der Waals surface area contributed by atoms with Crippen molar-refractivity contribution in [3.63, 3.8) is 0 Å². The van der Waals surface area contributed by atoms with Crippen LogP contribution in [0.15, 0.2) is 26.8 Å². The molecule has 1 heterocycles. The van der Waals surface area contributed by atoms with E-state index in [2.05, 4.69) is 38.2 Å². The number of aromatic nitrogens is 3. The maximum absolute atomic E-state index is 12.1. The lowest BCUT2D eigenvalue weighted by atomic mass is 9.96. The van der Waals surface area contributed by atoms with E-state index < -0.39 is 17.3 Å². The maximum Gasteiger partial charge on any atom is 0.342 e. The smallest absolute Gasteiger partial charge is 0.342 e. The summed E-state index contributed by atoms with van der Waals surface area (Å²) in [5.74, 6) is -0.160. The van der Waals surface area contributed by atoms with E-state index in [9.17, 15) is 14.4 Å². The summed E-state index contributed by atoms with van der Waals surface area (Å²) in [6, 6.07) is -0.682. The molecule has 2 atom stereocenters. The van der Waals surface area contributed by atoms with Crippen molar-refractivity contribution in [1.82, 2.24) is 20.6 Å². The Morgan fingerprint density at radius 3 is 3.00 bits per heavy atom. The van der Waals surface area contributed by atoms with E-state index in [0.717, 1.165) is 19.3 Å². The van der Waals surface area contributed by atoms with E-state index in [0.29, 0.717) is 12.3 Å². The fourth-order valence-corrected chi connectivity index (χ4v) is 2.20. The molecule has 4 N–H and O–H groups in total. The molecule has 0 unspecified atom stereocenters. The molecule has 1 aliphatic rings. The number of H-pyrrole nitrogens is 2. The van der Waals surface area contributed by atoms with Crippen LogP contribution in [-0.4, -0.2) is 33.3 Å². The zero-order valence-electron chi connectivity index (χ0n) is 12.8. The minimum atomic E-state index is -0.704. The molecule has 9 heteroatoms. The van der Waals surface area contributed by atoms with Gasteiger partial charge >= 0.3 is 5.69 Å². The van der Waals surface area contributed by atoms with Crippen LogP contribution >= 0.6 is 0 Å². The highest BCUT2D eigenvalue weighted by molar-refractivity contribution is 5.84. The van der Waals surface area contributed by atoms with E-state index in [4.69, 9.17) is 0 Å². The molecule has 23 heavy (non-hydrogen) atoms. The second-order valence-corrected chi connectivity index (χ2v) is 5.26. The monoisotopic (exact) mass is 320 g/mol. The molecule has 0 saturated carbocycles. The normalized spacial score (nSPS) is 18.7. The predicted molar refractivity (Wildman–Crippen MR) is 86.3 cm³/mol. The molecular weight excluding hydrogens is 300 g/mol. The number of aromatic amines is 2. The SMILES string of the molecule is CC[C@@H](Nc1n[nH]c(=O)[nH]c1=O)C(=O)NN=C[C@H]1CC=CCC1. The van der Waals surface area contributed by atoms with E-state index in [-0.39, 0.29) is 11.7 Å². The van der Waals surface area contributed by atoms with Gasteiger partial charge in [0.25, 0.3) is 11.5 Å². The lowest BCUT2D eigenvalue weighted by Gasteiger charge is -2.15. The van der Waals surface area contributed by atoms with Gasteiger partial charge in [0.1, 0.15) is 6.04 Å². The van der Waals surface area contributed by atoms with Crippen molar-refractivity contribution in [2.75, 3.05) is 5.32 Å². The third kappa shape index (κ3) is 4.90. The summed E-state index contributed by atoms with van der Waals surface area (Å²) < 4.78 is 0. The van der Waals surface area contributed by atoms with Crippen LogP contribution in [0.5, 0.6) is 0 Å². The molecule has 0 fully saturated rings. The molecular formula is C14H20N6O3. The Morgan fingerprint density at radius 2 is 2.35 bits per heavy atom. The molecule has 9 nitrogen and oxygen atoms in total. The highest BCUT2D eigenvalue weighted by atomic mass is 16.2. The zero-order chi connectivity index (χ0) is 16.7. The molecule has 0 aliphatic heterocycles. The average molecular weight is 320 g/mol. The predicted octanol–water partition coefficient (Wildman–Crippen LogP) is 0.107. The number of allylic oxidation sites excluding steroid dienone is 2. The fraction of sp³-hybridized carbons (Fsp3) is 0.500. The summed E-state index contributed by atoms with van der Waals surface area (Å²) in [5.41, 5.74) is 1.08. The van der Waals surface area contributed by atoms with E-state index in [1.54, 1.807) is 13.1 Å². The average Bonchev–Trinajstić information content (AvgIpc) is 2.55. The van der Waals surface area contributed by atoms with Gasteiger partial charge in [0.15, 0.2) is 0 Å².